The van der Waals surface area contributed by atoms with Crippen molar-refractivity contribution < 1.29 is 13.2 Å². The standard InChI is InChI=1S/C14H18N2O3S/c1-16(20(2,18)19)13-8-4-3-7-12(13)14(15-11-17)9-5-6-10-14/h3-4,7-8H,5-6,9-10H2,1-2H3. The Bertz CT molecular complexity index is 642. The van der Waals surface area contributed by atoms with E-state index in [2.05, 4.69) is 4.99 Å². The summed E-state index contributed by atoms with van der Waals surface area (Å²) in [5.41, 5.74) is 0.738. The fourth-order valence-corrected chi connectivity index (χ4v) is 3.33. The zero-order valence-corrected chi connectivity index (χ0v) is 12.5. The molecule has 20 heavy (non-hydrogen) atoms. The Balaban J connectivity index is 2.60. The number of hydrogen-bond donors (Lipinski definition) is 0. The number of aliphatic imine (C=N–C) groups is 1. The van der Waals surface area contributed by atoms with E-state index in [-0.39, 0.29) is 0 Å². The maximum atomic E-state index is 11.8. The molecule has 1 saturated carbocycles. The van der Waals surface area contributed by atoms with Crippen molar-refractivity contribution in [1.82, 2.24) is 0 Å². The Labute approximate surface area is 119 Å². The highest BCUT2D eigenvalue weighted by atomic mass is 32.2. The van der Waals surface area contributed by atoms with Gasteiger partial charge in [0.1, 0.15) is 5.54 Å². The van der Waals surface area contributed by atoms with Crippen LogP contribution in [0.25, 0.3) is 0 Å². The summed E-state index contributed by atoms with van der Waals surface area (Å²) in [7, 11) is -1.84. The van der Waals surface area contributed by atoms with Crippen LogP contribution in [-0.4, -0.2) is 27.8 Å². The van der Waals surface area contributed by atoms with Crippen molar-refractivity contribution >= 4 is 21.8 Å². The largest absolute Gasteiger partial charge is 0.273 e. The number of carbonyl (C=O) groups excluding carboxylic acids is 1. The lowest BCUT2D eigenvalue weighted by molar-refractivity contribution is 0.456. The molecular formula is C14H18N2O3S. The van der Waals surface area contributed by atoms with E-state index in [4.69, 9.17) is 0 Å². The third kappa shape index (κ3) is 2.62. The Kier molecular flexibility index (Phi) is 3.97. The Morgan fingerprint density at radius 3 is 2.40 bits per heavy atom. The van der Waals surface area contributed by atoms with Crippen LogP contribution in [0.5, 0.6) is 0 Å². The van der Waals surface area contributed by atoms with Gasteiger partial charge in [0.15, 0.2) is 0 Å². The van der Waals surface area contributed by atoms with Crippen LogP contribution in [0.3, 0.4) is 0 Å². The monoisotopic (exact) mass is 294 g/mol. The molecule has 1 aliphatic rings. The van der Waals surface area contributed by atoms with Gasteiger partial charge in [-0.2, -0.15) is 4.99 Å². The van der Waals surface area contributed by atoms with Gasteiger partial charge in [-0.3, -0.25) is 4.31 Å². The quantitative estimate of drug-likeness (QED) is 0.631. The number of sulfonamides is 1. The van der Waals surface area contributed by atoms with Crippen LogP contribution in [-0.2, 0) is 20.4 Å². The van der Waals surface area contributed by atoms with Gasteiger partial charge in [-0.05, 0) is 18.9 Å². The molecule has 0 atom stereocenters. The van der Waals surface area contributed by atoms with E-state index in [1.807, 2.05) is 12.1 Å². The summed E-state index contributed by atoms with van der Waals surface area (Å²) >= 11 is 0. The number of nitrogens with zero attached hydrogens (tertiary/aromatic N) is 2. The van der Waals surface area contributed by atoms with Gasteiger partial charge in [0.05, 0.1) is 11.9 Å². The van der Waals surface area contributed by atoms with Gasteiger partial charge < -0.3 is 0 Å². The molecule has 1 fully saturated rings. The SMILES string of the molecule is CN(c1ccccc1C1(N=C=O)CCCC1)S(C)(=O)=O. The molecule has 0 bridgehead atoms. The van der Waals surface area contributed by atoms with Crippen LogP contribution < -0.4 is 4.31 Å². The van der Waals surface area contributed by atoms with E-state index < -0.39 is 15.6 Å². The second-order valence-corrected chi connectivity index (χ2v) is 7.20. The van der Waals surface area contributed by atoms with Crippen LogP contribution in [0.2, 0.25) is 0 Å². The normalized spacial score (nSPS) is 17.5. The van der Waals surface area contributed by atoms with Crippen molar-refractivity contribution in [2.45, 2.75) is 31.2 Å². The first kappa shape index (κ1) is 14.8. The van der Waals surface area contributed by atoms with Gasteiger partial charge in [-0.15, -0.1) is 0 Å². The lowest BCUT2D eigenvalue weighted by Crippen LogP contribution is -2.29. The second kappa shape index (κ2) is 5.38. The maximum Gasteiger partial charge on any atom is 0.235 e. The molecule has 0 aliphatic heterocycles. The van der Waals surface area contributed by atoms with Crippen LogP contribution >= 0.6 is 0 Å². The van der Waals surface area contributed by atoms with E-state index in [1.54, 1.807) is 18.2 Å². The van der Waals surface area contributed by atoms with Crippen molar-refractivity contribution in [3.63, 3.8) is 0 Å². The number of rotatable bonds is 4. The average Bonchev–Trinajstić information content (AvgIpc) is 2.87. The Morgan fingerprint density at radius 2 is 1.85 bits per heavy atom. The molecule has 1 aromatic carbocycles. The molecular weight excluding hydrogens is 276 g/mol. The van der Waals surface area contributed by atoms with Crippen LogP contribution in [0.15, 0.2) is 29.3 Å². The molecule has 2 rings (SSSR count). The molecule has 1 aliphatic carbocycles. The van der Waals surface area contributed by atoms with Crippen LogP contribution in [0.1, 0.15) is 31.2 Å². The minimum absolute atomic E-state index is 0.580. The first-order valence-corrected chi connectivity index (χ1v) is 8.38. The minimum Gasteiger partial charge on any atom is -0.273 e. The molecule has 0 heterocycles. The average molecular weight is 294 g/mol. The van der Waals surface area contributed by atoms with Gasteiger partial charge in [0, 0.05) is 12.6 Å². The summed E-state index contributed by atoms with van der Waals surface area (Å²) in [5.74, 6) is 0. The van der Waals surface area contributed by atoms with Crippen molar-refractivity contribution in [2.75, 3.05) is 17.6 Å². The molecule has 0 radical (unpaired) electrons. The number of benzene rings is 1. The summed E-state index contributed by atoms with van der Waals surface area (Å²) in [6.07, 6.45) is 6.26. The lowest BCUT2D eigenvalue weighted by Gasteiger charge is -2.29. The van der Waals surface area contributed by atoms with Crippen molar-refractivity contribution in [2.24, 2.45) is 4.99 Å². The molecule has 0 N–H and O–H groups in total. The van der Waals surface area contributed by atoms with Crippen molar-refractivity contribution in [3.8, 4) is 0 Å². The highest BCUT2D eigenvalue weighted by molar-refractivity contribution is 7.92. The Hall–Kier alpha value is -1.65. The number of hydrogen-bond acceptors (Lipinski definition) is 4. The smallest absolute Gasteiger partial charge is 0.235 e. The number of para-hydroxylation sites is 1. The molecule has 0 saturated heterocycles. The summed E-state index contributed by atoms with van der Waals surface area (Å²) in [5, 5.41) is 0. The molecule has 5 nitrogen and oxygen atoms in total. The third-order valence-electron chi connectivity index (χ3n) is 3.93. The van der Waals surface area contributed by atoms with Crippen molar-refractivity contribution in [1.29, 1.82) is 0 Å². The maximum absolute atomic E-state index is 11.8. The van der Waals surface area contributed by atoms with Gasteiger partial charge in [0.2, 0.25) is 16.1 Å². The predicted octanol–water partition coefficient (Wildman–Crippen LogP) is 2.19. The summed E-state index contributed by atoms with van der Waals surface area (Å²) in [4.78, 5) is 14.8. The van der Waals surface area contributed by atoms with Crippen LogP contribution in [0.4, 0.5) is 5.69 Å². The molecule has 6 heteroatoms. The molecule has 0 unspecified atom stereocenters. The Morgan fingerprint density at radius 1 is 1.25 bits per heavy atom. The zero-order valence-electron chi connectivity index (χ0n) is 11.7. The summed E-state index contributed by atoms with van der Waals surface area (Å²) < 4.78 is 24.8. The minimum atomic E-state index is -3.36. The molecule has 0 spiro atoms. The first-order chi connectivity index (χ1) is 9.41. The van der Waals surface area contributed by atoms with Gasteiger partial charge in [0.25, 0.3) is 0 Å². The molecule has 108 valence electrons. The van der Waals surface area contributed by atoms with E-state index in [0.29, 0.717) is 5.69 Å². The highest BCUT2D eigenvalue weighted by Gasteiger charge is 2.38. The number of isocyanates is 1. The van der Waals surface area contributed by atoms with E-state index in [1.165, 1.54) is 11.4 Å². The van der Waals surface area contributed by atoms with E-state index >= 15 is 0 Å². The fraction of sp³-hybridized carbons (Fsp3) is 0.500. The third-order valence-corrected chi connectivity index (χ3v) is 5.12. The van der Waals surface area contributed by atoms with Gasteiger partial charge >= 0.3 is 0 Å². The van der Waals surface area contributed by atoms with Gasteiger partial charge in [-0.25, -0.2) is 13.2 Å². The first-order valence-electron chi connectivity index (χ1n) is 6.53. The predicted molar refractivity (Wildman–Crippen MR) is 78.0 cm³/mol. The summed E-state index contributed by atoms with van der Waals surface area (Å²) in [6, 6.07) is 7.23. The molecule has 1 aromatic rings. The lowest BCUT2D eigenvalue weighted by atomic mass is 9.87. The van der Waals surface area contributed by atoms with E-state index in [9.17, 15) is 13.2 Å². The summed E-state index contributed by atoms with van der Waals surface area (Å²) in [6.45, 7) is 0. The number of anilines is 1. The fourth-order valence-electron chi connectivity index (χ4n) is 2.81. The molecule has 0 aromatic heterocycles. The van der Waals surface area contributed by atoms with Crippen molar-refractivity contribution in [3.05, 3.63) is 29.8 Å². The second-order valence-electron chi connectivity index (χ2n) is 5.19. The van der Waals surface area contributed by atoms with E-state index in [0.717, 1.165) is 37.5 Å². The molecule has 0 amide bonds. The van der Waals surface area contributed by atoms with Crippen LogP contribution in [0, 0.1) is 0 Å². The topological polar surface area (TPSA) is 66.8 Å². The highest BCUT2D eigenvalue weighted by Crippen LogP contribution is 2.45. The van der Waals surface area contributed by atoms with Gasteiger partial charge in [-0.1, -0.05) is 31.0 Å². The zero-order chi connectivity index (χ0) is 14.8.